The van der Waals surface area contributed by atoms with Crippen molar-refractivity contribution in [3.8, 4) is 5.69 Å². The van der Waals surface area contributed by atoms with Gasteiger partial charge in [-0.2, -0.15) is 5.10 Å². The molecule has 0 fully saturated rings. The molecule has 192 valence electrons. The predicted molar refractivity (Wildman–Crippen MR) is 137 cm³/mol. The average Bonchev–Trinajstić information content (AvgIpc) is 3.23. The summed E-state index contributed by atoms with van der Waals surface area (Å²) in [5.74, 6) is -1.97. The number of rotatable bonds is 8. The van der Waals surface area contributed by atoms with Crippen LogP contribution in [-0.4, -0.2) is 39.7 Å². The molecule has 0 bridgehead atoms. The van der Waals surface area contributed by atoms with Crippen LogP contribution in [0, 0.1) is 18.6 Å². The van der Waals surface area contributed by atoms with E-state index in [0.717, 1.165) is 35.5 Å². The second-order valence-corrected chi connectivity index (χ2v) is 9.75. The number of carbonyl (C=O) groups excluding carboxylic acids is 2. The fourth-order valence-corrected chi connectivity index (χ4v) is 3.55. The minimum absolute atomic E-state index is 0.105. The fourth-order valence-electron chi connectivity index (χ4n) is 3.55. The molecule has 3 amide bonds. The van der Waals surface area contributed by atoms with Gasteiger partial charge in [0.1, 0.15) is 12.4 Å². The van der Waals surface area contributed by atoms with Gasteiger partial charge in [-0.15, -0.1) is 0 Å². The maximum Gasteiger partial charge on any atom is 0.322 e. The number of benzene rings is 2. The fraction of sp³-hybridized carbons (Fsp3) is 0.370. The van der Waals surface area contributed by atoms with Crippen molar-refractivity contribution in [2.24, 2.45) is 0 Å². The lowest BCUT2D eigenvalue weighted by molar-refractivity contribution is -0.116. The number of nitrogens with zero attached hydrogens (tertiary/aromatic N) is 3. The van der Waals surface area contributed by atoms with Crippen LogP contribution in [0.15, 0.2) is 48.5 Å². The summed E-state index contributed by atoms with van der Waals surface area (Å²) < 4.78 is 28.5. The highest BCUT2D eigenvalue weighted by molar-refractivity contribution is 5.96. The van der Waals surface area contributed by atoms with Crippen molar-refractivity contribution >= 4 is 23.4 Å². The van der Waals surface area contributed by atoms with Gasteiger partial charge in [-0.05, 0) is 37.1 Å². The van der Waals surface area contributed by atoms with Crippen LogP contribution in [0.25, 0.3) is 5.69 Å². The van der Waals surface area contributed by atoms with E-state index in [0.29, 0.717) is 18.8 Å². The second kappa shape index (κ2) is 11.3. The molecule has 1 aromatic heterocycles. The summed E-state index contributed by atoms with van der Waals surface area (Å²) in [5.41, 5.74) is 2.49. The molecule has 3 rings (SSSR count). The number of aromatic nitrogens is 2. The molecule has 2 N–H and O–H groups in total. The molecule has 0 spiro atoms. The average molecular weight is 498 g/mol. The maximum atomic E-state index is 13.6. The van der Waals surface area contributed by atoms with Gasteiger partial charge in [0.25, 0.3) is 0 Å². The van der Waals surface area contributed by atoms with E-state index in [1.807, 2.05) is 65.0 Å². The molecule has 0 radical (unpaired) electrons. The Labute approximate surface area is 210 Å². The van der Waals surface area contributed by atoms with Crippen molar-refractivity contribution in [2.75, 3.05) is 23.7 Å². The van der Waals surface area contributed by atoms with Gasteiger partial charge in [-0.3, -0.25) is 4.79 Å². The summed E-state index contributed by atoms with van der Waals surface area (Å²) in [6, 6.07) is 12.1. The minimum atomic E-state index is -1.07. The molecule has 3 aromatic rings. The number of anilines is 2. The van der Waals surface area contributed by atoms with E-state index in [-0.39, 0.29) is 17.6 Å². The lowest BCUT2D eigenvalue weighted by Crippen LogP contribution is -2.41. The van der Waals surface area contributed by atoms with E-state index < -0.39 is 23.6 Å². The number of hydrogen-bond acceptors (Lipinski definition) is 3. The van der Waals surface area contributed by atoms with E-state index in [4.69, 9.17) is 5.10 Å². The molecular formula is C27H33F2N5O2. The third kappa shape index (κ3) is 6.68. The zero-order valence-electron chi connectivity index (χ0n) is 21.4. The molecule has 0 atom stereocenters. The molecule has 0 saturated carbocycles. The van der Waals surface area contributed by atoms with Gasteiger partial charge >= 0.3 is 6.03 Å². The van der Waals surface area contributed by atoms with Crippen LogP contribution >= 0.6 is 0 Å². The van der Waals surface area contributed by atoms with Crippen LogP contribution < -0.4 is 10.6 Å². The van der Waals surface area contributed by atoms with Crippen molar-refractivity contribution in [1.29, 1.82) is 0 Å². The number of para-hydroxylation sites is 1. The third-order valence-electron chi connectivity index (χ3n) is 5.66. The van der Waals surface area contributed by atoms with Gasteiger partial charge in [0.15, 0.2) is 11.6 Å². The Morgan fingerprint density at radius 1 is 1.03 bits per heavy atom. The van der Waals surface area contributed by atoms with Crippen molar-refractivity contribution in [3.05, 3.63) is 71.4 Å². The predicted octanol–water partition coefficient (Wildman–Crippen LogP) is 6.03. The first kappa shape index (κ1) is 26.8. The molecule has 1 heterocycles. The number of halogens is 2. The Bertz CT molecular complexity index is 1230. The molecule has 0 aliphatic rings. The lowest BCUT2D eigenvalue weighted by atomic mass is 9.92. The van der Waals surface area contributed by atoms with Gasteiger partial charge in [-0.1, -0.05) is 52.3 Å². The number of hydrogen-bond donors (Lipinski definition) is 2. The van der Waals surface area contributed by atoms with E-state index in [9.17, 15) is 18.4 Å². The second-order valence-electron chi connectivity index (χ2n) is 9.75. The third-order valence-corrected chi connectivity index (χ3v) is 5.66. The number of urea groups is 1. The van der Waals surface area contributed by atoms with Crippen LogP contribution in [0.5, 0.6) is 0 Å². The minimum Gasteiger partial charge on any atom is -0.315 e. The SMILES string of the molecule is CCCCN(CC(=O)Nc1cc(C(C)(C)C)nn1-c1ccccc1C)C(=O)Nc1ccc(F)c(F)c1. The Morgan fingerprint density at radius 2 is 1.75 bits per heavy atom. The first-order chi connectivity index (χ1) is 17.0. The van der Waals surface area contributed by atoms with Gasteiger partial charge in [0.05, 0.1) is 11.4 Å². The van der Waals surface area contributed by atoms with Gasteiger partial charge in [0.2, 0.25) is 5.91 Å². The van der Waals surface area contributed by atoms with E-state index >= 15 is 0 Å². The topological polar surface area (TPSA) is 79.3 Å². The van der Waals surface area contributed by atoms with E-state index in [1.54, 1.807) is 4.68 Å². The van der Waals surface area contributed by atoms with Crippen molar-refractivity contribution in [3.63, 3.8) is 0 Å². The molecule has 7 nitrogen and oxygen atoms in total. The molecule has 2 aromatic carbocycles. The molecule has 0 aliphatic carbocycles. The molecule has 0 unspecified atom stereocenters. The zero-order chi connectivity index (χ0) is 26.5. The number of unbranched alkanes of at least 4 members (excludes halogenated alkanes) is 1. The first-order valence-corrected chi connectivity index (χ1v) is 12.0. The number of aryl methyl sites for hydroxylation is 1. The summed E-state index contributed by atoms with van der Waals surface area (Å²) in [4.78, 5) is 27.3. The number of nitrogens with one attached hydrogen (secondary N) is 2. The Balaban J connectivity index is 1.82. The highest BCUT2D eigenvalue weighted by Gasteiger charge is 2.23. The summed E-state index contributed by atoms with van der Waals surface area (Å²) >= 11 is 0. The van der Waals surface area contributed by atoms with Crippen LogP contribution in [0.1, 0.15) is 51.8 Å². The summed E-state index contributed by atoms with van der Waals surface area (Å²) in [6.45, 7) is 10.2. The standard InChI is InChI=1S/C27H33F2N5O2/c1-6-7-14-33(26(36)30-19-12-13-20(28)21(29)15-19)17-25(35)31-24-16-23(27(3,4)5)32-34(24)22-11-9-8-10-18(22)2/h8-13,15-16H,6-7,14,17H2,1-5H3,(H,30,36)(H,31,35). The van der Waals surface area contributed by atoms with Crippen LogP contribution in [-0.2, 0) is 10.2 Å². The Hall–Kier alpha value is -3.75. The lowest BCUT2D eigenvalue weighted by Gasteiger charge is -2.22. The van der Waals surface area contributed by atoms with Crippen LogP contribution in [0.2, 0.25) is 0 Å². The highest BCUT2D eigenvalue weighted by atomic mass is 19.2. The van der Waals surface area contributed by atoms with Gasteiger partial charge in [-0.25, -0.2) is 18.3 Å². The smallest absolute Gasteiger partial charge is 0.315 e. The van der Waals surface area contributed by atoms with Crippen LogP contribution in [0.3, 0.4) is 0 Å². The summed E-state index contributed by atoms with van der Waals surface area (Å²) in [5, 5.41) is 10.2. The van der Waals surface area contributed by atoms with Gasteiger partial charge in [0, 0.05) is 29.8 Å². The molecule has 9 heteroatoms. The Kier molecular flexibility index (Phi) is 8.45. The first-order valence-electron chi connectivity index (χ1n) is 12.0. The molecule has 36 heavy (non-hydrogen) atoms. The monoisotopic (exact) mass is 497 g/mol. The maximum absolute atomic E-state index is 13.6. The van der Waals surface area contributed by atoms with E-state index in [1.165, 1.54) is 11.0 Å². The largest absolute Gasteiger partial charge is 0.322 e. The summed E-state index contributed by atoms with van der Waals surface area (Å²) in [7, 11) is 0. The number of amides is 3. The number of carbonyl (C=O) groups is 2. The Morgan fingerprint density at radius 3 is 2.39 bits per heavy atom. The quantitative estimate of drug-likeness (QED) is 0.399. The normalized spacial score (nSPS) is 11.3. The van der Waals surface area contributed by atoms with Crippen molar-refractivity contribution < 1.29 is 18.4 Å². The van der Waals surface area contributed by atoms with Gasteiger partial charge < -0.3 is 15.5 Å². The van der Waals surface area contributed by atoms with Crippen LogP contribution in [0.4, 0.5) is 25.1 Å². The highest BCUT2D eigenvalue weighted by Crippen LogP contribution is 2.27. The summed E-state index contributed by atoms with van der Waals surface area (Å²) in [6.07, 6.45) is 1.49. The van der Waals surface area contributed by atoms with Crippen molar-refractivity contribution in [1.82, 2.24) is 14.7 Å². The van der Waals surface area contributed by atoms with Crippen molar-refractivity contribution in [2.45, 2.75) is 52.9 Å². The molecular weight excluding hydrogens is 464 g/mol. The molecule has 0 aliphatic heterocycles. The zero-order valence-corrected chi connectivity index (χ0v) is 21.4. The van der Waals surface area contributed by atoms with E-state index in [2.05, 4.69) is 10.6 Å². The molecule has 0 saturated heterocycles.